The number of fused-ring (bicyclic) bond motifs is 1. The molecule has 1 aliphatic carbocycles. The van der Waals surface area contributed by atoms with Crippen molar-refractivity contribution in [3.05, 3.63) is 63.5 Å². The van der Waals surface area contributed by atoms with E-state index in [1.165, 1.54) is 18.8 Å². The number of nitrogens with zero attached hydrogens (tertiary/aromatic N) is 1. The van der Waals surface area contributed by atoms with E-state index >= 15 is 0 Å². The van der Waals surface area contributed by atoms with E-state index in [-0.39, 0.29) is 11.1 Å². The van der Waals surface area contributed by atoms with Crippen molar-refractivity contribution in [3.8, 4) is 5.69 Å². The lowest BCUT2D eigenvalue weighted by Crippen LogP contribution is -2.28. The van der Waals surface area contributed by atoms with Crippen LogP contribution in [0.4, 0.5) is 0 Å². The summed E-state index contributed by atoms with van der Waals surface area (Å²) in [6.07, 6.45) is 0. The molecule has 0 unspecified atom stereocenters. The lowest BCUT2D eigenvalue weighted by atomic mass is 9.78. The second-order valence-electron chi connectivity index (χ2n) is 6.04. The molecule has 1 aromatic heterocycles. The minimum absolute atomic E-state index is 0.147. The Bertz CT molecular complexity index is 950. The highest BCUT2D eigenvalue weighted by molar-refractivity contribution is 6.03. The Hall–Kier alpha value is -3.09. The first-order valence-electron chi connectivity index (χ1n) is 8.14. The molecule has 0 aliphatic heterocycles. The minimum atomic E-state index is -0.648. The Labute approximate surface area is 149 Å². The predicted octanol–water partition coefficient (Wildman–Crippen LogP) is 2.29. The third-order valence-corrected chi connectivity index (χ3v) is 4.66. The molecule has 0 N–H and O–H groups in total. The molecule has 7 nitrogen and oxygen atoms in total. The van der Waals surface area contributed by atoms with Crippen LogP contribution in [0.3, 0.4) is 0 Å². The van der Waals surface area contributed by atoms with E-state index in [0.29, 0.717) is 17.1 Å². The summed E-state index contributed by atoms with van der Waals surface area (Å²) in [5, 5.41) is 0. The minimum Gasteiger partial charge on any atom is -0.466 e. The molecule has 1 aliphatic rings. The molecule has 1 heterocycles. The van der Waals surface area contributed by atoms with E-state index in [4.69, 9.17) is 13.9 Å². The van der Waals surface area contributed by atoms with Gasteiger partial charge in [-0.05, 0) is 12.1 Å². The number of carbonyl (C=O) groups is 2. The first-order valence-corrected chi connectivity index (χ1v) is 8.14. The number of carbonyl (C=O) groups excluding carboxylic acids is 2. The highest BCUT2D eigenvalue weighted by Crippen LogP contribution is 2.43. The van der Waals surface area contributed by atoms with E-state index in [0.717, 1.165) is 0 Å². The summed E-state index contributed by atoms with van der Waals surface area (Å²) >= 11 is 0. The zero-order valence-corrected chi connectivity index (χ0v) is 14.9. The number of para-hydroxylation sites is 1. The van der Waals surface area contributed by atoms with Gasteiger partial charge in [0.2, 0.25) is 0 Å². The van der Waals surface area contributed by atoms with Gasteiger partial charge in [0.15, 0.2) is 0 Å². The average Bonchev–Trinajstić information content (AvgIpc) is 3.01. The second kappa shape index (κ2) is 6.67. The van der Waals surface area contributed by atoms with E-state index in [1.807, 2.05) is 6.07 Å². The summed E-state index contributed by atoms with van der Waals surface area (Å²) in [6, 6.07) is 8.98. The van der Waals surface area contributed by atoms with Crippen molar-refractivity contribution in [2.45, 2.75) is 25.7 Å². The quantitative estimate of drug-likeness (QED) is 0.783. The molecule has 0 saturated carbocycles. The van der Waals surface area contributed by atoms with Gasteiger partial charge in [-0.3, -0.25) is 0 Å². The molecule has 26 heavy (non-hydrogen) atoms. The van der Waals surface area contributed by atoms with Crippen molar-refractivity contribution in [2.75, 3.05) is 14.2 Å². The Balaban J connectivity index is 2.30. The summed E-state index contributed by atoms with van der Waals surface area (Å²) in [4.78, 5) is 37.3. The van der Waals surface area contributed by atoms with Crippen LogP contribution in [0.5, 0.6) is 0 Å². The highest BCUT2D eigenvalue weighted by atomic mass is 16.5. The Morgan fingerprint density at radius 1 is 0.962 bits per heavy atom. The molecule has 3 rings (SSSR count). The fraction of sp³-hybridized carbons (Fsp3) is 0.316. The van der Waals surface area contributed by atoms with E-state index < -0.39 is 29.5 Å². The molecule has 0 radical (unpaired) electrons. The van der Waals surface area contributed by atoms with Gasteiger partial charge >= 0.3 is 17.7 Å². The number of rotatable bonds is 3. The van der Waals surface area contributed by atoms with Crippen molar-refractivity contribution in [2.24, 2.45) is 0 Å². The van der Waals surface area contributed by atoms with Gasteiger partial charge in [0.05, 0.1) is 36.7 Å². The monoisotopic (exact) mass is 357 g/mol. The van der Waals surface area contributed by atoms with Crippen LogP contribution in [0.2, 0.25) is 0 Å². The van der Waals surface area contributed by atoms with Crippen LogP contribution in [0, 0.1) is 0 Å². The van der Waals surface area contributed by atoms with Gasteiger partial charge < -0.3 is 13.9 Å². The summed E-state index contributed by atoms with van der Waals surface area (Å²) in [6.45, 7) is 3.42. The molecular formula is C19H19NO6. The third-order valence-electron chi connectivity index (χ3n) is 4.66. The molecule has 1 aromatic carbocycles. The van der Waals surface area contributed by atoms with Crippen LogP contribution in [-0.2, 0) is 19.1 Å². The molecule has 2 atom stereocenters. The van der Waals surface area contributed by atoms with Crippen LogP contribution >= 0.6 is 0 Å². The number of hydrogen-bond acceptors (Lipinski definition) is 6. The van der Waals surface area contributed by atoms with Crippen molar-refractivity contribution in [1.29, 1.82) is 0 Å². The summed E-state index contributed by atoms with van der Waals surface area (Å²) in [7, 11) is 2.49. The topological polar surface area (TPSA) is 87.7 Å². The molecule has 0 spiro atoms. The van der Waals surface area contributed by atoms with Crippen LogP contribution in [-0.4, -0.2) is 30.7 Å². The van der Waals surface area contributed by atoms with Crippen molar-refractivity contribution in [3.63, 3.8) is 0 Å². The maximum absolute atomic E-state index is 12.5. The SMILES string of the molecule is COC(=O)C1=C(C(=O)OC)[C@@H](C)c2c(oc(=O)n2-c2ccccc2)[C@@H]1C. The van der Waals surface area contributed by atoms with E-state index in [2.05, 4.69) is 0 Å². The fourth-order valence-corrected chi connectivity index (χ4v) is 3.47. The molecule has 0 saturated heterocycles. The van der Waals surface area contributed by atoms with Gasteiger partial charge in [-0.15, -0.1) is 0 Å². The second-order valence-corrected chi connectivity index (χ2v) is 6.04. The molecule has 0 fully saturated rings. The van der Waals surface area contributed by atoms with Gasteiger partial charge in [-0.1, -0.05) is 32.0 Å². The number of oxazole rings is 1. The average molecular weight is 357 g/mol. The summed E-state index contributed by atoms with van der Waals surface area (Å²) in [5.41, 5.74) is 1.46. The summed E-state index contributed by atoms with van der Waals surface area (Å²) in [5.74, 6) is -2.72. The predicted molar refractivity (Wildman–Crippen MR) is 92.2 cm³/mol. The smallest absolute Gasteiger partial charge is 0.424 e. The van der Waals surface area contributed by atoms with Crippen LogP contribution in [0.15, 0.2) is 50.7 Å². The first-order chi connectivity index (χ1) is 12.4. The van der Waals surface area contributed by atoms with Gasteiger partial charge in [-0.2, -0.15) is 0 Å². The van der Waals surface area contributed by atoms with Gasteiger partial charge in [-0.25, -0.2) is 19.0 Å². The van der Waals surface area contributed by atoms with Crippen LogP contribution in [0.1, 0.15) is 37.1 Å². The Morgan fingerprint density at radius 3 is 2.04 bits per heavy atom. The molecule has 7 heteroatoms. The van der Waals surface area contributed by atoms with Crippen LogP contribution in [0.25, 0.3) is 5.69 Å². The molecule has 0 amide bonds. The number of aromatic nitrogens is 1. The van der Waals surface area contributed by atoms with Gasteiger partial charge in [0.1, 0.15) is 5.76 Å². The van der Waals surface area contributed by atoms with Gasteiger partial charge in [0, 0.05) is 11.8 Å². The van der Waals surface area contributed by atoms with Crippen molar-refractivity contribution >= 4 is 11.9 Å². The number of esters is 2. The highest BCUT2D eigenvalue weighted by Gasteiger charge is 2.42. The molecule has 0 bridgehead atoms. The normalized spacial score (nSPS) is 19.1. The Kier molecular flexibility index (Phi) is 4.54. The molecular weight excluding hydrogens is 338 g/mol. The third kappa shape index (κ3) is 2.56. The van der Waals surface area contributed by atoms with Gasteiger partial charge in [0.25, 0.3) is 0 Å². The lowest BCUT2D eigenvalue weighted by molar-refractivity contribution is -0.140. The molecule has 136 valence electrons. The maximum atomic E-state index is 12.5. The Morgan fingerprint density at radius 2 is 1.50 bits per heavy atom. The standard InChI is InChI=1S/C19H19NO6/c1-10-13(17(21)24-3)14(18(22)25-4)11(2)16-15(10)20(19(23)26-16)12-8-6-5-7-9-12/h5-11H,1-4H3/t10-,11-/m1/s1. The lowest BCUT2D eigenvalue weighted by Gasteiger charge is -2.27. The van der Waals surface area contributed by atoms with Crippen molar-refractivity contribution in [1.82, 2.24) is 4.57 Å². The number of ether oxygens (including phenoxy) is 2. The zero-order chi connectivity index (χ0) is 19.0. The zero-order valence-electron chi connectivity index (χ0n) is 14.9. The maximum Gasteiger partial charge on any atom is 0.424 e. The fourth-order valence-electron chi connectivity index (χ4n) is 3.47. The number of hydrogen-bond donors (Lipinski definition) is 0. The van der Waals surface area contributed by atoms with Crippen LogP contribution < -0.4 is 5.76 Å². The van der Waals surface area contributed by atoms with Crippen molar-refractivity contribution < 1.29 is 23.5 Å². The largest absolute Gasteiger partial charge is 0.466 e. The number of methoxy groups -OCH3 is 2. The summed E-state index contributed by atoms with van der Waals surface area (Å²) < 4.78 is 16.6. The van der Waals surface area contributed by atoms with E-state index in [1.54, 1.807) is 38.1 Å². The number of benzene rings is 1. The first kappa shape index (κ1) is 17.7. The van der Waals surface area contributed by atoms with E-state index in [9.17, 15) is 14.4 Å². The molecule has 2 aromatic rings.